The van der Waals surface area contributed by atoms with E-state index in [0.29, 0.717) is 18.1 Å². The molecule has 0 aliphatic rings. The topological polar surface area (TPSA) is 55.3 Å². The molecule has 3 rings (SSSR count). The Morgan fingerprint density at radius 3 is 2.58 bits per heavy atom. The zero-order valence-corrected chi connectivity index (χ0v) is 14.9. The van der Waals surface area contributed by atoms with Crippen LogP contribution in [0.2, 0.25) is 0 Å². The maximum absolute atomic E-state index is 13.3. The number of carbonyl (C=O) groups excluding carboxylic acids is 1. The van der Waals surface area contributed by atoms with E-state index in [4.69, 9.17) is 4.74 Å². The van der Waals surface area contributed by atoms with Crippen molar-refractivity contribution >= 4 is 22.5 Å². The van der Waals surface area contributed by atoms with E-state index in [1.54, 1.807) is 24.0 Å². The minimum atomic E-state index is -0.793. The number of benzene rings is 2. The number of likely N-dealkylation sites (N-methyl/N-ethyl adjacent to an activating group) is 1. The molecule has 0 radical (unpaired) electrons. The van der Waals surface area contributed by atoms with Crippen molar-refractivity contribution in [2.24, 2.45) is 0 Å². The highest BCUT2D eigenvalue weighted by atomic mass is 19.1. The van der Waals surface area contributed by atoms with Gasteiger partial charge in [0.1, 0.15) is 11.6 Å². The molecule has 0 saturated carbocycles. The number of aromatic nitrogens is 2. The Labute approximate surface area is 151 Å². The average molecular weight is 353 g/mol. The molecule has 6 heteroatoms. The molecule has 0 saturated heterocycles. The van der Waals surface area contributed by atoms with E-state index in [-0.39, 0.29) is 5.91 Å². The predicted octanol–water partition coefficient (Wildman–Crippen LogP) is 3.90. The Morgan fingerprint density at radius 1 is 1.15 bits per heavy atom. The number of fused-ring (bicyclic) bond motifs is 1. The van der Waals surface area contributed by atoms with Crippen molar-refractivity contribution in [2.45, 2.75) is 26.9 Å². The van der Waals surface area contributed by atoms with E-state index in [1.807, 2.05) is 38.1 Å². The van der Waals surface area contributed by atoms with Crippen LogP contribution >= 0.6 is 0 Å². The van der Waals surface area contributed by atoms with Gasteiger partial charge < -0.3 is 4.74 Å². The highest BCUT2D eigenvalue weighted by Crippen LogP contribution is 2.26. The Bertz CT molecular complexity index is 945. The Hall–Kier alpha value is -3.02. The van der Waals surface area contributed by atoms with Crippen molar-refractivity contribution < 1.29 is 13.9 Å². The van der Waals surface area contributed by atoms with Gasteiger partial charge >= 0.3 is 0 Å². The van der Waals surface area contributed by atoms with Gasteiger partial charge in [-0.15, -0.1) is 5.10 Å². The number of aryl methyl sites for hydroxylation is 1. The summed E-state index contributed by atoms with van der Waals surface area (Å²) in [6, 6.07) is 13.4. The van der Waals surface area contributed by atoms with Crippen LogP contribution in [-0.4, -0.2) is 28.8 Å². The summed E-state index contributed by atoms with van der Waals surface area (Å²) < 4.78 is 18.9. The van der Waals surface area contributed by atoms with Crippen molar-refractivity contribution in [1.82, 2.24) is 10.2 Å². The summed E-state index contributed by atoms with van der Waals surface area (Å²) in [5.74, 6) is 0.125. The van der Waals surface area contributed by atoms with E-state index in [1.165, 1.54) is 12.1 Å². The lowest BCUT2D eigenvalue weighted by Crippen LogP contribution is -2.41. The summed E-state index contributed by atoms with van der Waals surface area (Å²) in [7, 11) is 0. The number of halogens is 1. The highest BCUT2D eigenvalue weighted by Gasteiger charge is 2.25. The zero-order chi connectivity index (χ0) is 18.7. The molecule has 0 aliphatic heterocycles. The smallest absolute Gasteiger partial charge is 0.268 e. The first kappa shape index (κ1) is 17.8. The molecule has 0 N–H and O–H groups in total. The molecule has 1 heterocycles. The van der Waals surface area contributed by atoms with Crippen molar-refractivity contribution in [3.63, 3.8) is 0 Å². The number of anilines is 1. The lowest BCUT2D eigenvalue weighted by molar-refractivity contribution is -0.124. The van der Waals surface area contributed by atoms with E-state index in [2.05, 4.69) is 10.2 Å². The molecule has 1 aromatic heterocycles. The number of nitrogens with zero attached hydrogens (tertiary/aromatic N) is 3. The Balaban J connectivity index is 1.91. The van der Waals surface area contributed by atoms with Gasteiger partial charge in [0.2, 0.25) is 0 Å². The monoisotopic (exact) mass is 353 g/mol. The average Bonchev–Trinajstić information content (AvgIpc) is 2.64. The molecule has 0 bridgehead atoms. The van der Waals surface area contributed by atoms with Gasteiger partial charge in [-0.05, 0) is 32.9 Å². The Kier molecular flexibility index (Phi) is 5.11. The molecule has 0 unspecified atom stereocenters. The first-order valence-corrected chi connectivity index (χ1v) is 8.47. The molecule has 2 aromatic carbocycles. The summed E-state index contributed by atoms with van der Waals surface area (Å²) in [6.45, 7) is 5.80. The first-order valence-electron chi connectivity index (χ1n) is 8.47. The van der Waals surface area contributed by atoms with Crippen LogP contribution in [0.5, 0.6) is 5.75 Å². The van der Waals surface area contributed by atoms with Crippen molar-refractivity contribution in [2.75, 3.05) is 11.4 Å². The second kappa shape index (κ2) is 7.47. The number of ether oxygens (including phenoxy) is 1. The molecule has 3 aromatic rings. The van der Waals surface area contributed by atoms with Crippen LogP contribution in [0.4, 0.5) is 10.2 Å². The van der Waals surface area contributed by atoms with Gasteiger partial charge in [0.25, 0.3) is 5.91 Å². The van der Waals surface area contributed by atoms with Crippen LogP contribution < -0.4 is 9.64 Å². The van der Waals surface area contributed by atoms with Crippen LogP contribution in [0.3, 0.4) is 0 Å². The lowest BCUT2D eigenvalue weighted by atomic mass is 10.1. The SMILES string of the molecule is CCN(C(=O)[C@@H](C)Oc1cccc(F)c1)c1nnc(C)c2ccccc12. The van der Waals surface area contributed by atoms with Gasteiger partial charge in [0, 0.05) is 23.4 Å². The van der Waals surface area contributed by atoms with Crippen LogP contribution in [0.15, 0.2) is 48.5 Å². The maximum Gasteiger partial charge on any atom is 0.268 e. The zero-order valence-electron chi connectivity index (χ0n) is 14.9. The minimum absolute atomic E-state index is 0.264. The van der Waals surface area contributed by atoms with Gasteiger partial charge in [0.15, 0.2) is 11.9 Å². The standard InChI is InChI=1S/C20H20FN3O2/c1-4-24(19-18-11-6-5-10-17(18)13(2)22-23-19)20(25)14(3)26-16-9-7-8-15(21)12-16/h5-12,14H,4H2,1-3H3/t14-/m1/s1. The molecule has 1 atom stereocenters. The summed E-state index contributed by atoms with van der Waals surface area (Å²) in [4.78, 5) is 14.5. The lowest BCUT2D eigenvalue weighted by Gasteiger charge is -2.25. The van der Waals surface area contributed by atoms with E-state index >= 15 is 0 Å². The van der Waals surface area contributed by atoms with Crippen LogP contribution in [0.1, 0.15) is 19.5 Å². The van der Waals surface area contributed by atoms with Gasteiger partial charge in [-0.1, -0.05) is 30.3 Å². The number of hydrogen-bond acceptors (Lipinski definition) is 4. The fourth-order valence-electron chi connectivity index (χ4n) is 2.85. The number of hydrogen-bond donors (Lipinski definition) is 0. The summed E-state index contributed by atoms with van der Waals surface area (Å²) in [6.07, 6.45) is -0.793. The van der Waals surface area contributed by atoms with E-state index in [0.717, 1.165) is 16.5 Å². The molecular formula is C20H20FN3O2. The highest BCUT2D eigenvalue weighted by molar-refractivity contribution is 6.03. The van der Waals surface area contributed by atoms with E-state index in [9.17, 15) is 9.18 Å². The second-order valence-electron chi connectivity index (χ2n) is 5.95. The predicted molar refractivity (Wildman–Crippen MR) is 98.8 cm³/mol. The third-order valence-electron chi connectivity index (χ3n) is 4.15. The van der Waals surface area contributed by atoms with Gasteiger partial charge in [0.05, 0.1) is 5.69 Å². The quantitative estimate of drug-likeness (QED) is 0.698. The molecule has 1 amide bonds. The molecule has 0 spiro atoms. The van der Waals surface area contributed by atoms with E-state index < -0.39 is 11.9 Å². The number of carbonyl (C=O) groups is 1. The van der Waals surface area contributed by atoms with Crippen molar-refractivity contribution in [1.29, 1.82) is 0 Å². The fraction of sp³-hybridized carbons (Fsp3) is 0.250. The molecular weight excluding hydrogens is 333 g/mol. The molecule has 26 heavy (non-hydrogen) atoms. The summed E-state index contributed by atoms with van der Waals surface area (Å²) >= 11 is 0. The van der Waals surface area contributed by atoms with Crippen molar-refractivity contribution in [3.05, 3.63) is 60.0 Å². The fourth-order valence-corrected chi connectivity index (χ4v) is 2.85. The molecule has 5 nitrogen and oxygen atoms in total. The maximum atomic E-state index is 13.3. The number of rotatable bonds is 5. The summed E-state index contributed by atoms with van der Waals surface area (Å²) in [5, 5.41) is 10.2. The largest absolute Gasteiger partial charge is 0.481 e. The third kappa shape index (κ3) is 3.49. The third-order valence-corrected chi connectivity index (χ3v) is 4.15. The summed E-state index contributed by atoms with van der Waals surface area (Å²) in [5.41, 5.74) is 0.803. The van der Waals surface area contributed by atoms with Crippen LogP contribution in [0, 0.1) is 12.7 Å². The van der Waals surface area contributed by atoms with Gasteiger partial charge in [-0.2, -0.15) is 5.10 Å². The van der Waals surface area contributed by atoms with Crippen LogP contribution in [-0.2, 0) is 4.79 Å². The van der Waals surface area contributed by atoms with Crippen molar-refractivity contribution in [3.8, 4) is 5.75 Å². The normalized spacial score (nSPS) is 12.0. The molecule has 0 aliphatic carbocycles. The molecule has 134 valence electrons. The first-order chi connectivity index (χ1) is 12.5. The molecule has 0 fully saturated rings. The van der Waals surface area contributed by atoms with Crippen LogP contribution in [0.25, 0.3) is 10.8 Å². The van der Waals surface area contributed by atoms with Gasteiger partial charge in [-0.25, -0.2) is 4.39 Å². The van der Waals surface area contributed by atoms with Gasteiger partial charge in [-0.3, -0.25) is 9.69 Å². The Morgan fingerprint density at radius 2 is 1.88 bits per heavy atom. The minimum Gasteiger partial charge on any atom is -0.481 e. The number of amides is 1. The second-order valence-corrected chi connectivity index (χ2v) is 5.95.